The van der Waals surface area contributed by atoms with Crippen molar-refractivity contribution in [1.29, 1.82) is 0 Å². The molecule has 82 valence electrons. The summed E-state index contributed by atoms with van der Waals surface area (Å²) < 4.78 is 11.4. The van der Waals surface area contributed by atoms with Crippen LogP contribution in [0.25, 0.3) is 0 Å². The molecule has 0 amide bonds. The first-order valence-electron chi connectivity index (χ1n) is 5.58. The van der Waals surface area contributed by atoms with Crippen LogP contribution in [-0.2, 0) is 9.47 Å². The normalized spacial score (nSPS) is 38.8. The van der Waals surface area contributed by atoms with Crippen LogP contribution in [0.15, 0.2) is 0 Å². The minimum atomic E-state index is 0.0133. The molecule has 0 radical (unpaired) electrons. The maximum absolute atomic E-state index is 5.80. The highest BCUT2D eigenvalue weighted by atomic mass is 16.7. The average Bonchev–Trinajstić information content (AvgIpc) is 2.68. The molecule has 0 aliphatic carbocycles. The van der Waals surface area contributed by atoms with Gasteiger partial charge in [-0.3, -0.25) is 0 Å². The van der Waals surface area contributed by atoms with Gasteiger partial charge in [0.05, 0.1) is 12.7 Å². The van der Waals surface area contributed by atoms with Crippen LogP contribution in [0, 0.1) is 5.92 Å². The number of hydrogen-bond acceptors (Lipinski definition) is 4. The predicted molar refractivity (Wildman–Crippen MR) is 53.9 cm³/mol. The van der Waals surface area contributed by atoms with E-state index in [1.165, 1.54) is 12.8 Å². The Morgan fingerprint density at radius 3 is 3.07 bits per heavy atom. The number of rotatable bonds is 3. The van der Waals surface area contributed by atoms with Crippen LogP contribution >= 0.6 is 0 Å². The summed E-state index contributed by atoms with van der Waals surface area (Å²) in [6, 6.07) is 0. The Kier molecular flexibility index (Phi) is 3.75. The topological polar surface area (TPSA) is 56.5 Å². The van der Waals surface area contributed by atoms with Gasteiger partial charge in [-0.2, -0.15) is 0 Å². The Morgan fingerprint density at radius 2 is 2.36 bits per heavy atom. The van der Waals surface area contributed by atoms with Crippen molar-refractivity contribution < 1.29 is 9.47 Å². The van der Waals surface area contributed by atoms with Crippen LogP contribution in [0.4, 0.5) is 0 Å². The molecule has 0 aromatic rings. The monoisotopic (exact) mass is 200 g/mol. The summed E-state index contributed by atoms with van der Waals surface area (Å²) in [6.07, 6.45) is 3.60. The van der Waals surface area contributed by atoms with E-state index in [9.17, 15) is 0 Å². The fraction of sp³-hybridized carbons (Fsp3) is 1.00. The van der Waals surface area contributed by atoms with Crippen LogP contribution in [0.3, 0.4) is 0 Å². The zero-order valence-electron chi connectivity index (χ0n) is 8.58. The number of ether oxygens (including phenoxy) is 2. The van der Waals surface area contributed by atoms with Crippen LogP contribution in [-0.4, -0.2) is 38.6 Å². The van der Waals surface area contributed by atoms with Crippen molar-refractivity contribution >= 4 is 0 Å². The van der Waals surface area contributed by atoms with E-state index in [2.05, 4.69) is 5.32 Å². The maximum atomic E-state index is 5.80. The molecule has 4 heteroatoms. The SMILES string of the molecule is NCCC1COC(C2CCCNC2)O1. The summed E-state index contributed by atoms with van der Waals surface area (Å²) in [5.41, 5.74) is 5.48. The molecule has 2 saturated heterocycles. The van der Waals surface area contributed by atoms with Crippen LogP contribution in [0.5, 0.6) is 0 Å². The molecule has 0 spiro atoms. The molecule has 3 atom stereocenters. The smallest absolute Gasteiger partial charge is 0.162 e. The maximum Gasteiger partial charge on any atom is 0.162 e. The summed E-state index contributed by atoms with van der Waals surface area (Å²) in [7, 11) is 0. The van der Waals surface area contributed by atoms with Crippen LogP contribution < -0.4 is 11.1 Å². The van der Waals surface area contributed by atoms with Gasteiger partial charge in [-0.1, -0.05) is 0 Å². The molecule has 2 rings (SSSR count). The van der Waals surface area contributed by atoms with E-state index in [1.807, 2.05) is 0 Å². The van der Waals surface area contributed by atoms with E-state index >= 15 is 0 Å². The molecule has 2 aliphatic rings. The molecule has 4 nitrogen and oxygen atoms in total. The zero-order valence-corrected chi connectivity index (χ0v) is 8.58. The molecule has 0 aromatic heterocycles. The fourth-order valence-electron chi connectivity index (χ4n) is 2.17. The van der Waals surface area contributed by atoms with E-state index in [0.29, 0.717) is 12.5 Å². The lowest BCUT2D eigenvalue weighted by atomic mass is 9.99. The van der Waals surface area contributed by atoms with Crippen molar-refractivity contribution in [3.8, 4) is 0 Å². The zero-order chi connectivity index (χ0) is 9.80. The summed E-state index contributed by atoms with van der Waals surface area (Å²) >= 11 is 0. The molecule has 2 aliphatic heterocycles. The number of hydrogen-bond donors (Lipinski definition) is 2. The quantitative estimate of drug-likeness (QED) is 0.677. The lowest BCUT2D eigenvalue weighted by molar-refractivity contribution is -0.101. The second-order valence-electron chi connectivity index (χ2n) is 4.14. The average molecular weight is 200 g/mol. The van der Waals surface area contributed by atoms with Gasteiger partial charge in [0.25, 0.3) is 0 Å². The Balaban J connectivity index is 1.76. The van der Waals surface area contributed by atoms with Gasteiger partial charge in [-0.05, 0) is 32.4 Å². The van der Waals surface area contributed by atoms with Gasteiger partial charge in [0, 0.05) is 12.5 Å². The third-order valence-corrected chi connectivity index (χ3v) is 2.98. The molecule has 0 aromatic carbocycles. The molecule has 0 bridgehead atoms. The van der Waals surface area contributed by atoms with Gasteiger partial charge in [0.1, 0.15) is 0 Å². The van der Waals surface area contributed by atoms with Crippen molar-refractivity contribution in [2.45, 2.75) is 31.7 Å². The molecule has 2 fully saturated rings. The highest BCUT2D eigenvalue weighted by molar-refractivity contribution is 4.76. The number of piperidine rings is 1. The first-order valence-corrected chi connectivity index (χ1v) is 5.58. The van der Waals surface area contributed by atoms with E-state index in [1.54, 1.807) is 0 Å². The van der Waals surface area contributed by atoms with Gasteiger partial charge < -0.3 is 20.5 Å². The van der Waals surface area contributed by atoms with Crippen molar-refractivity contribution in [2.24, 2.45) is 11.7 Å². The lowest BCUT2D eigenvalue weighted by Crippen LogP contribution is -2.37. The van der Waals surface area contributed by atoms with Gasteiger partial charge in [-0.25, -0.2) is 0 Å². The van der Waals surface area contributed by atoms with E-state index < -0.39 is 0 Å². The second-order valence-corrected chi connectivity index (χ2v) is 4.14. The fourth-order valence-corrected chi connectivity index (χ4v) is 2.17. The molecule has 3 unspecified atom stereocenters. The largest absolute Gasteiger partial charge is 0.350 e. The summed E-state index contributed by atoms with van der Waals surface area (Å²) in [5.74, 6) is 0.534. The Hall–Kier alpha value is -0.160. The Labute approximate surface area is 85.1 Å². The molecular weight excluding hydrogens is 180 g/mol. The highest BCUT2D eigenvalue weighted by Crippen LogP contribution is 2.24. The second kappa shape index (κ2) is 5.07. The van der Waals surface area contributed by atoms with Crippen LogP contribution in [0.1, 0.15) is 19.3 Å². The van der Waals surface area contributed by atoms with Crippen molar-refractivity contribution in [3.05, 3.63) is 0 Å². The van der Waals surface area contributed by atoms with Gasteiger partial charge in [0.2, 0.25) is 0 Å². The highest BCUT2D eigenvalue weighted by Gasteiger charge is 2.32. The van der Waals surface area contributed by atoms with E-state index in [-0.39, 0.29) is 12.4 Å². The molecule has 3 N–H and O–H groups in total. The van der Waals surface area contributed by atoms with E-state index in [0.717, 1.165) is 26.1 Å². The summed E-state index contributed by atoms with van der Waals surface area (Å²) in [5, 5.41) is 3.37. The van der Waals surface area contributed by atoms with Gasteiger partial charge >= 0.3 is 0 Å². The predicted octanol–water partition coefficient (Wildman–Crippen LogP) is 0.0763. The summed E-state index contributed by atoms with van der Waals surface area (Å²) in [4.78, 5) is 0. The van der Waals surface area contributed by atoms with Crippen molar-refractivity contribution in [3.63, 3.8) is 0 Å². The molecule has 14 heavy (non-hydrogen) atoms. The molecule has 0 saturated carbocycles. The third kappa shape index (κ3) is 2.45. The minimum absolute atomic E-state index is 0.0133. The van der Waals surface area contributed by atoms with Crippen molar-refractivity contribution in [2.75, 3.05) is 26.2 Å². The molecule has 2 heterocycles. The molecular formula is C10H20N2O2. The van der Waals surface area contributed by atoms with Crippen molar-refractivity contribution in [1.82, 2.24) is 5.32 Å². The van der Waals surface area contributed by atoms with Crippen LogP contribution in [0.2, 0.25) is 0 Å². The lowest BCUT2D eigenvalue weighted by Gasteiger charge is -2.26. The third-order valence-electron chi connectivity index (χ3n) is 2.98. The van der Waals surface area contributed by atoms with E-state index in [4.69, 9.17) is 15.2 Å². The number of nitrogens with one attached hydrogen (secondary N) is 1. The summed E-state index contributed by atoms with van der Waals surface area (Å²) in [6.45, 7) is 3.57. The van der Waals surface area contributed by atoms with Gasteiger partial charge in [-0.15, -0.1) is 0 Å². The minimum Gasteiger partial charge on any atom is -0.350 e. The Bertz CT molecular complexity index is 172. The first kappa shape index (κ1) is 10.4. The number of nitrogens with two attached hydrogens (primary N) is 1. The van der Waals surface area contributed by atoms with Gasteiger partial charge in [0.15, 0.2) is 6.29 Å². The standard InChI is InChI=1S/C10H20N2O2/c11-4-3-9-7-13-10(14-9)8-2-1-5-12-6-8/h8-10,12H,1-7,11H2. The Morgan fingerprint density at radius 1 is 1.43 bits per heavy atom. The first-order chi connectivity index (χ1) is 6.90.